The Hall–Kier alpha value is -0.540. The lowest BCUT2D eigenvalue weighted by atomic mass is 10.00. The van der Waals surface area contributed by atoms with Gasteiger partial charge in [0.15, 0.2) is 0 Å². The van der Waals surface area contributed by atoms with Gasteiger partial charge in [0.1, 0.15) is 6.10 Å². The van der Waals surface area contributed by atoms with E-state index in [0.29, 0.717) is 10.0 Å². The Labute approximate surface area is 124 Å². The predicted molar refractivity (Wildman–Crippen MR) is 79.4 cm³/mol. The molecule has 0 amide bonds. The standard InChI is InChI=1S/C14H11BrCl2O/c1-8-3-2-4-10(13(8)15)14(18)9-5-6-11(16)12(17)7-9/h2-7,14,18H,1H3. The minimum Gasteiger partial charge on any atom is -0.384 e. The van der Waals surface area contributed by atoms with E-state index < -0.39 is 6.10 Å². The molecule has 1 N–H and O–H groups in total. The molecule has 2 rings (SSSR count). The molecule has 4 heteroatoms. The Balaban J connectivity index is 2.44. The van der Waals surface area contributed by atoms with Gasteiger partial charge < -0.3 is 5.11 Å². The molecule has 2 aromatic rings. The Kier molecular flexibility index (Phi) is 4.33. The lowest BCUT2D eigenvalue weighted by Crippen LogP contribution is -2.01. The minimum absolute atomic E-state index is 0.442. The van der Waals surface area contributed by atoms with Crippen LogP contribution in [-0.4, -0.2) is 5.11 Å². The number of hydrogen-bond donors (Lipinski definition) is 1. The molecule has 1 unspecified atom stereocenters. The molecular formula is C14H11BrCl2O. The van der Waals surface area contributed by atoms with Gasteiger partial charge in [-0.05, 0) is 35.7 Å². The van der Waals surface area contributed by atoms with Gasteiger partial charge in [-0.15, -0.1) is 0 Å². The maximum Gasteiger partial charge on any atom is 0.105 e. The van der Waals surface area contributed by atoms with Gasteiger partial charge in [0.2, 0.25) is 0 Å². The van der Waals surface area contributed by atoms with Gasteiger partial charge in [0, 0.05) is 4.47 Å². The molecule has 0 bridgehead atoms. The van der Waals surface area contributed by atoms with E-state index in [0.717, 1.165) is 21.2 Å². The van der Waals surface area contributed by atoms with Gasteiger partial charge in [-0.3, -0.25) is 0 Å². The third-order valence-electron chi connectivity index (χ3n) is 2.78. The van der Waals surface area contributed by atoms with Crippen LogP contribution in [-0.2, 0) is 0 Å². The largest absolute Gasteiger partial charge is 0.384 e. The monoisotopic (exact) mass is 344 g/mol. The number of benzene rings is 2. The van der Waals surface area contributed by atoms with Crippen LogP contribution in [0.1, 0.15) is 22.8 Å². The van der Waals surface area contributed by atoms with Crippen LogP contribution in [0.3, 0.4) is 0 Å². The predicted octanol–water partition coefficient (Wildman–Crippen LogP) is 5.15. The van der Waals surface area contributed by atoms with Crippen molar-refractivity contribution in [2.24, 2.45) is 0 Å². The normalized spacial score (nSPS) is 12.5. The zero-order chi connectivity index (χ0) is 13.3. The molecule has 1 nitrogen and oxygen atoms in total. The van der Waals surface area contributed by atoms with E-state index in [-0.39, 0.29) is 0 Å². The first-order chi connectivity index (χ1) is 8.50. The summed E-state index contributed by atoms with van der Waals surface area (Å²) in [4.78, 5) is 0. The van der Waals surface area contributed by atoms with Crippen LogP contribution in [0.5, 0.6) is 0 Å². The van der Waals surface area contributed by atoms with E-state index in [1.807, 2.05) is 25.1 Å². The molecule has 0 fully saturated rings. The molecule has 0 aromatic heterocycles. The third kappa shape index (κ3) is 2.72. The van der Waals surface area contributed by atoms with Gasteiger partial charge in [-0.2, -0.15) is 0 Å². The lowest BCUT2D eigenvalue weighted by molar-refractivity contribution is 0.219. The molecule has 0 aliphatic rings. The van der Waals surface area contributed by atoms with Crippen LogP contribution in [0.25, 0.3) is 0 Å². The fraction of sp³-hybridized carbons (Fsp3) is 0.143. The first-order valence-corrected chi connectivity index (χ1v) is 6.93. The summed E-state index contributed by atoms with van der Waals surface area (Å²) in [6.45, 7) is 1.98. The summed E-state index contributed by atoms with van der Waals surface area (Å²) in [5.41, 5.74) is 2.61. The highest BCUT2D eigenvalue weighted by Gasteiger charge is 2.15. The second-order valence-electron chi connectivity index (χ2n) is 4.05. The number of hydrogen-bond acceptors (Lipinski definition) is 1. The molecule has 94 valence electrons. The second kappa shape index (κ2) is 5.62. The average molecular weight is 346 g/mol. The van der Waals surface area contributed by atoms with Crippen LogP contribution in [0, 0.1) is 6.92 Å². The minimum atomic E-state index is -0.728. The van der Waals surface area contributed by atoms with E-state index >= 15 is 0 Å². The van der Waals surface area contributed by atoms with Gasteiger partial charge in [0.25, 0.3) is 0 Å². The van der Waals surface area contributed by atoms with E-state index in [9.17, 15) is 5.11 Å². The summed E-state index contributed by atoms with van der Waals surface area (Å²) >= 11 is 15.3. The third-order valence-corrected chi connectivity index (χ3v) is 4.60. The van der Waals surface area contributed by atoms with Gasteiger partial charge in [-0.25, -0.2) is 0 Å². The molecule has 0 radical (unpaired) electrons. The van der Waals surface area contributed by atoms with Crippen LogP contribution >= 0.6 is 39.1 Å². The highest BCUT2D eigenvalue weighted by Crippen LogP contribution is 2.33. The average Bonchev–Trinajstić information content (AvgIpc) is 2.35. The molecular weight excluding hydrogens is 335 g/mol. The zero-order valence-corrected chi connectivity index (χ0v) is 12.7. The maximum atomic E-state index is 10.4. The Morgan fingerprint density at radius 3 is 2.50 bits per heavy atom. The summed E-state index contributed by atoms with van der Waals surface area (Å²) in [6.07, 6.45) is -0.728. The fourth-order valence-electron chi connectivity index (χ4n) is 1.74. The number of aliphatic hydroxyl groups is 1. The molecule has 18 heavy (non-hydrogen) atoms. The van der Waals surface area contributed by atoms with Crippen LogP contribution in [0.2, 0.25) is 10.0 Å². The molecule has 0 aliphatic carbocycles. The van der Waals surface area contributed by atoms with Crippen molar-refractivity contribution in [3.8, 4) is 0 Å². The summed E-state index contributed by atoms with van der Waals surface area (Å²) < 4.78 is 0.906. The van der Waals surface area contributed by atoms with Crippen molar-refractivity contribution in [1.82, 2.24) is 0 Å². The van der Waals surface area contributed by atoms with Crippen molar-refractivity contribution in [3.63, 3.8) is 0 Å². The topological polar surface area (TPSA) is 20.2 Å². The SMILES string of the molecule is Cc1cccc(C(O)c2ccc(Cl)c(Cl)c2)c1Br. The summed E-state index contributed by atoms with van der Waals surface area (Å²) in [5, 5.41) is 11.3. The molecule has 1 atom stereocenters. The first kappa shape index (κ1) is 13.9. The smallest absolute Gasteiger partial charge is 0.105 e. The maximum absolute atomic E-state index is 10.4. The Bertz CT molecular complexity index is 584. The van der Waals surface area contributed by atoms with Crippen LogP contribution in [0.4, 0.5) is 0 Å². The van der Waals surface area contributed by atoms with Gasteiger partial charge in [0.05, 0.1) is 10.0 Å². The molecule has 0 spiro atoms. The van der Waals surface area contributed by atoms with Crippen molar-refractivity contribution >= 4 is 39.1 Å². The molecule has 0 aliphatic heterocycles. The highest BCUT2D eigenvalue weighted by atomic mass is 79.9. The Morgan fingerprint density at radius 1 is 1.11 bits per heavy atom. The van der Waals surface area contributed by atoms with E-state index in [4.69, 9.17) is 23.2 Å². The van der Waals surface area contributed by atoms with Crippen molar-refractivity contribution in [2.45, 2.75) is 13.0 Å². The lowest BCUT2D eigenvalue weighted by Gasteiger charge is -2.15. The molecule has 0 saturated carbocycles. The van der Waals surface area contributed by atoms with Crippen LogP contribution < -0.4 is 0 Å². The second-order valence-corrected chi connectivity index (χ2v) is 5.66. The summed E-state index contributed by atoms with van der Waals surface area (Å²) in [6, 6.07) is 10.9. The van der Waals surface area contributed by atoms with Gasteiger partial charge >= 0.3 is 0 Å². The highest BCUT2D eigenvalue weighted by molar-refractivity contribution is 9.10. The summed E-state index contributed by atoms with van der Waals surface area (Å²) in [5.74, 6) is 0. The number of rotatable bonds is 2. The Morgan fingerprint density at radius 2 is 1.83 bits per heavy atom. The number of aryl methyl sites for hydroxylation is 1. The fourth-order valence-corrected chi connectivity index (χ4v) is 2.53. The van der Waals surface area contributed by atoms with Gasteiger partial charge in [-0.1, -0.05) is 63.4 Å². The van der Waals surface area contributed by atoms with Crippen LogP contribution in [0.15, 0.2) is 40.9 Å². The van der Waals surface area contributed by atoms with E-state index in [2.05, 4.69) is 15.9 Å². The molecule has 0 saturated heterocycles. The van der Waals surface area contributed by atoms with E-state index in [1.54, 1.807) is 18.2 Å². The molecule has 2 aromatic carbocycles. The molecule has 0 heterocycles. The number of halogens is 3. The van der Waals surface area contributed by atoms with E-state index in [1.165, 1.54) is 0 Å². The van der Waals surface area contributed by atoms with Crippen molar-refractivity contribution in [3.05, 3.63) is 67.6 Å². The first-order valence-electron chi connectivity index (χ1n) is 5.38. The zero-order valence-electron chi connectivity index (χ0n) is 9.62. The van der Waals surface area contributed by atoms with Crippen molar-refractivity contribution < 1.29 is 5.11 Å². The summed E-state index contributed by atoms with van der Waals surface area (Å²) in [7, 11) is 0. The van der Waals surface area contributed by atoms with Crippen molar-refractivity contribution in [1.29, 1.82) is 0 Å². The van der Waals surface area contributed by atoms with Crippen molar-refractivity contribution in [2.75, 3.05) is 0 Å². The quantitative estimate of drug-likeness (QED) is 0.798. The number of aliphatic hydroxyl groups excluding tert-OH is 1.